The lowest BCUT2D eigenvalue weighted by molar-refractivity contribution is -0.124. The predicted octanol–water partition coefficient (Wildman–Crippen LogP) is 1.20. The summed E-state index contributed by atoms with van der Waals surface area (Å²) in [4.78, 5) is 14.2. The van der Waals surface area contributed by atoms with Crippen molar-refractivity contribution in [2.75, 3.05) is 13.1 Å². The van der Waals surface area contributed by atoms with Gasteiger partial charge >= 0.3 is 0 Å². The highest BCUT2D eigenvalue weighted by molar-refractivity contribution is 5.86. The number of amides is 1. The van der Waals surface area contributed by atoms with Gasteiger partial charge in [0.15, 0.2) is 0 Å². The Labute approximate surface area is 114 Å². The first-order valence-corrected chi connectivity index (χ1v) is 6.76. The molecule has 0 aliphatic carbocycles. The lowest BCUT2D eigenvalue weighted by Gasteiger charge is -2.38. The molecule has 1 aliphatic heterocycles. The molecule has 0 bridgehead atoms. The van der Waals surface area contributed by atoms with Gasteiger partial charge in [0.2, 0.25) is 5.91 Å². The van der Waals surface area contributed by atoms with Crippen LogP contribution in [0, 0.1) is 0 Å². The highest BCUT2D eigenvalue weighted by Gasteiger charge is 2.41. The Kier molecular flexibility index (Phi) is 3.65. The van der Waals surface area contributed by atoms with Crippen LogP contribution in [0.4, 0.5) is 0 Å². The second kappa shape index (κ2) is 4.94. The van der Waals surface area contributed by atoms with Crippen molar-refractivity contribution in [3.8, 4) is 0 Å². The van der Waals surface area contributed by atoms with Crippen molar-refractivity contribution in [1.82, 2.24) is 4.90 Å². The third-order valence-corrected chi connectivity index (χ3v) is 4.24. The van der Waals surface area contributed by atoms with E-state index >= 15 is 0 Å². The predicted molar refractivity (Wildman–Crippen MR) is 76.4 cm³/mol. The van der Waals surface area contributed by atoms with E-state index in [4.69, 9.17) is 11.5 Å². The van der Waals surface area contributed by atoms with Gasteiger partial charge in [0.05, 0.1) is 0 Å². The van der Waals surface area contributed by atoms with E-state index in [0.29, 0.717) is 6.54 Å². The fraction of sp³-hybridized carbons (Fsp3) is 0.533. The van der Waals surface area contributed by atoms with E-state index in [1.807, 2.05) is 30.3 Å². The quantitative estimate of drug-likeness (QED) is 0.855. The first-order valence-electron chi connectivity index (χ1n) is 6.76. The zero-order valence-corrected chi connectivity index (χ0v) is 11.7. The van der Waals surface area contributed by atoms with Crippen molar-refractivity contribution >= 4 is 5.91 Å². The van der Waals surface area contributed by atoms with Crippen LogP contribution < -0.4 is 11.5 Å². The van der Waals surface area contributed by atoms with Gasteiger partial charge in [-0.05, 0) is 38.8 Å². The normalized spacial score (nSPS) is 22.1. The van der Waals surface area contributed by atoms with Gasteiger partial charge in [-0.3, -0.25) is 9.69 Å². The molecule has 0 radical (unpaired) electrons. The van der Waals surface area contributed by atoms with E-state index in [1.165, 1.54) is 0 Å². The van der Waals surface area contributed by atoms with Gasteiger partial charge in [-0.25, -0.2) is 0 Å². The molecule has 1 aromatic carbocycles. The molecule has 1 unspecified atom stereocenters. The Hall–Kier alpha value is -1.39. The number of hydrogen-bond donors (Lipinski definition) is 2. The smallest absolute Gasteiger partial charge is 0.243 e. The Morgan fingerprint density at radius 1 is 1.37 bits per heavy atom. The van der Waals surface area contributed by atoms with Crippen LogP contribution in [0.25, 0.3) is 0 Å². The molecule has 104 valence electrons. The molecule has 19 heavy (non-hydrogen) atoms. The molecular weight excluding hydrogens is 238 g/mol. The molecule has 1 aliphatic rings. The molecule has 0 saturated carbocycles. The minimum absolute atomic E-state index is 0.0782. The number of benzene rings is 1. The van der Waals surface area contributed by atoms with E-state index in [2.05, 4.69) is 18.7 Å². The molecule has 0 spiro atoms. The number of primary amides is 1. The third-order valence-electron chi connectivity index (χ3n) is 4.24. The van der Waals surface area contributed by atoms with Crippen LogP contribution in [-0.2, 0) is 10.3 Å². The Bertz CT molecular complexity index is 458. The van der Waals surface area contributed by atoms with Crippen LogP contribution >= 0.6 is 0 Å². The number of likely N-dealkylation sites (tertiary alicyclic amines) is 1. The minimum atomic E-state index is -1.12. The maximum atomic E-state index is 11.9. The molecular formula is C15H23N3O. The van der Waals surface area contributed by atoms with Crippen LogP contribution in [0.3, 0.4) is 0 Å². The topological polar surface area (TPSA) is 72.3 Å². The molecule has 1 saturated heterocycles. The molecule has 4 heteroatoms. The maximum absolute atomic E-state index is 11.9. The molecule has 1 fully saturated rings. The van der Waals surface area contributed by atoms with Crippen LogP contribution in [0.15, 0.2) is 30.3 Å². The summed E-state index contributed by atoms with van der Waals surface area (Å²) in [5, 5.41) is 0. The fourth-order valence-electron chi connectivity index (χ4n) is 2.80. The summed E-state index contributed by atoms with van der Waals surface area (Å²) >= 11 is 0. The van der Waals surface area contributed by atoms with Crippen molar-refractivity contribution in [2.24, 2.45) is 11.5 Å². The van der Waals surface area contributed by atoms with Gasteiger partial charge in [-0.15, -0.1) is 0 Å². The average Bonchev–Trinajstić information content (AvgIpc) is 2.69. The minimum Gasteiger partial charge on any atom is -0.368 e. The lowest BCUT2D eigenvalue weighted by atomic mass is 9.88. The van der Waals surface area contributed by atoms with Crippen molar-refractivity contribution in [2.45, 2.75) is 37.8 Å². The number of nitrogens with zero attached hydrogens (tertiary/aromatic N) is 1. The average molecular weight is 261 g/mol. The molecule has 1 heterocycles. The largest absolute Gasteiger partial charge is 0.368 e. The molecule has 4 N–H and O–H groups in total. The van der Waals surface area contributed by atoms with Crippen molar-refractivity contribution in [3.05, 3.63) is 35.9 Å². The van der Waals surface area contributed by atoms with Gasteiger partial charge in [-0.1, -0.05) is 30.3 Å². The van der Waals surface area contributed by atoms with E-state index in [0.717, 1.165) is 24.9 Å². The highest BCUT2D eigenvalue weighted by Crippen LogP contribution is 2.31. The molecule has 1 aromatic rings. The van der Waals surface area contributed by atoms with Gasteiger partial charge in [0, 0.05) is 12.1 Å². The summed E-state index contributed by atoms with van der Waals surface area (Å²) in [6.45, 7) is 5.81. The van der Waals surface area contributed by atoms with Crippen LogP contribution in [0.1, 0.15) is 32.3 Å². The van der Waals surface area contributed by atoms with Crippen molar-refractivity contribution < 1.29 is 4.79 Å². The van der Waals surface area contributed by atoms with Gasteiger partial charge in [-0.2, -0.15) is 0 Å². The summed E-state index contributed by atoms with van der Waals surface area (Å²) in [5.41, 5.74) is 11.7. The molecule has 4 nitrogen and oxygen atoms in total. The maximum Gasteiger partial charge on any atom is 0.243 e. The Morgan fingerprint density at radius 2 is 2.00 bits per heavy atom. The monoisotopic (exact) mass is 261 g/mol. The van der Waals surface area contributed by atoms with E-state index in [9.17, 15) is 4.79 Å². The number of carbonyl (C=O) groups excluding carboxylic acids is 1. The van der Waals surface area contributed by atoms with E-state index < -0.39 is 11.4 Å². The number of nitrogens with two attached hydrogens (primary N) is 2. The van der Waals surface area contributed by atoms with Crippen LogP contribution in [0.2, 0.25) is 0 Å². The second-order valence-corrected chi connectivity index (χ2v) is 6.04. The standard InChI is InChI=1S/C15H23N3O/c1-14(2)9-6-10-18(14)11-15(17,13(16)19)12-7-4-3-5-8-12/h3-5,7-8H,6,9-11,17H2,1-2H3,(H2,16,19). The first kappa shape index (κ1) is 14.0. The summed E-state index contributed by atoms with van der Waals surface area (Å²) in [5.74, 6) is -0.471. The SMILES string of the molecule is CC1(C)CCCN1CC(N)(C(N)=O)c1ccccc1. The fourth-order valence-corrected chi connectivity index (χ4v) is 2.80. The summed E-state index contributed by atoms with van der Waals surface area (Å²) in [7, 11) is 0. The zero-order valence-electron chi connectivity index (χ0n) is 11.7. The Morgan fingerprint density at radius 3 is 2.47 bits per heavy atom. The third kappa shape index (κ3) is 2.65. The molecule has 1 amide bonds. The number of rotatable bonds is 4. The molecule has 0 aromatic heterocycles. The second-order valence-electron chi connectivity index (χ2n) is 6.04. The summed E-state index contributed by atoms with van der Waals surface area (Å²) in [6.07, 6.45) is 2.26. The number of hydrogen-bond acceptors (Lipinski definition) is 3. The van der Waals surface area contributed by atoms with Gasteiger partial charge in [0.25, 0.3) is 0 Å². The molecule has 2 rings (SSSR count). The summed E-state index contributed by atoms with van der Waals surface area (Å²) < 4.78 is 0. The van der Waals surface area contributed by atoms with Crippen molar-refractivity contribution in [3.63, 3.8) is 0 Å². The molecule has 1 atom stereocenters. The highest BCUT2D eigenvalue weighted by atomic mass is 16.1. The first-order chi connectivity index (χ1) is 8.86. The van der Waals surface area contributed by atoms with Gasteiger partial charge in [0.1, 0.15) is 5.54 Å². The van der Waals surface area contributed by atoms with Crippen LogP contribution in [0.5, 0.6) is 0 Å². The Balaban J connectivity index is 2.29. The van der Waals surface area contributed by atoms with Crippen LogP contribution in [-0.4, -0.2) is 29.4 Å². The van der Waals surface area contributed by atoms with E-state index in [1.54, 1.807) is 0 Å². The number of carbonyl (C=O) groups is 1. The summed E-state index contributed by atoms with van der Waals surface area (Å²) in [6, 6.07) is 9.41. The van der Waals surface area contributed by atoms with Crippen molar-refractivity contribution in [1.29, 1.82) is 0 Å². The van der Waals surface area contributed by atoms with E-state index in [-0.39, 0.29) is 5.54 Å². The van der Waals surface area contributed by atoms with Gasteiger partial charge < -0.3 is 11.5 Å². The zero-order chi connectivity index (χ0) is 14.1. The lowest BCUT2D eigenvalue weighted by Crippen LogP contribution is -2.58.